The fourth-order valence-electron chi connectivity index (χ4n) is 2.42. The van der Waals surface area contributed by atoms with Gasteiger partial charge in [-0.3, -0.25) is 4.79 Å². The van der Waals surface area contributed by atoms with Gasteiger partial charge in [-0.2, -0.15) is 4.39 Å². The van der Waals surface area contributed by atoms with E-state index in [4.69, 9.17) is 14.6 Å². The van der Waals surface area contributed by atoms with Gasteiger partial charge in [-0.25, -0.2) is 4.39 Å². The van der Waals surface area contributed by atoms with Crippen LogP contribution in [0.4, 0.5) is 8.78 Å². The van der Waals surface area contributed by atoms with E-state index in [0.717, 1.165) is 6.07 Å². The molecule has 7 heteroatoms. The van der Waals surface area contributed by atoms with Crippen molar-refractivity contribution >= 4 is 5.97 Å². The van der Waals surface area contributed by atoms with Gasteiger partial charge >= 0.3 is 5.97 Å². The Hall–Kier alpha value is -1.89. The third kappa shape index (κ3) is 2.40. The second-order valence-electron chi connectivity index (χ2n) is 4.56. The molecule has 5 nitrogen and oxygen atoms in total. The van der Waals surface area contributed by atoms with Gasteiger partial charge in [0.1, 0.15) is 0 Å². The van der Waals surface area contributed by atoms with E-state index < -0.39 is 29.6 Å². The molecule has 0 spiro atoms. The highest BCUT2D eigenvalue weighted by atomic mass is 19.2. The summed E-state index contributed by atoms with van der Waals surface area (Å²) in [6.07, 6.45) is 0.278. The van der Waals surface area contributed by atoms with E-state index in [1.807, 2.05) is 0 Å². The summed E-state index contributed by atoms with van der Waals surface area (Å²) in [6, 6.07) is 0.591. The lowest BCUT2D eigenvalue weighted by Crippen LogP contribution is -2.18. The van der Waals surface area contributed by atoms with E-state index in [2.05, 4.69) is 5.32 Å². The predicted octanol–water partition coefficient (Wildman–Crippen LogP) is 1.72. The van der Waals surface area contributed by atoms with Crippen molar-refractivity contribution in [1.29, 1.82) is 0 Å². The third-order valence-electron chi connectivity index (χ3n) is 3.42. The van der Waals surface area contributed by atoms with Crippen LogP contribution >= 0.6 is 0 Å². The first-order chi connectivity index (χ1) is 9.49. The van der Waals surface area contributed by atoms with Gasteiger partial charge in [0.2, 0.25) is 5.82 Å². The molecule has 2 atom stereocenters. The first kappa shape index (κ1) is 14.5. The quantitative estimate of drug-likeness (QED) is 0.882. The minimum atomic E-state index is -1.12. The molecule has 2 N–H and O–H groups in total. The summed E-state index contributed by atoms with van der Waals surface area (Å²) >= 11 is 0. The molecular weight excluding hydrogens is 272 g/mol. The number of rotatable bonds is 4. The lowest BCUT2D eigenvalue weighted by molar-refractivity contribution is -0.141. The molecule has 0 radical (unpaired) electrons. The van der Waals surface area contributed by atoms with Gasteiger partial charge < -0.3 is 19.9 Å². The first-order valence-electron chi connectivity index (χ1n) is 6.05. The van der Waals surface area contributed by atoms with Gasteiger partial charge in [-0.1, -0.05) is 0 Å². The molecule has 1 saturated heterocycles. The van der Waals surface area contributed by atoms with Gasteiger partial charge in [0, 0.05) is 18.2 Å². The fraction of sp³-hybridized carbons (Fsp3) is 0.462. The molecule has 2 unspecified atom stereocenters. The summed E-state index contributed by atoms with van der Waals surface area (Å²) in [5, 5.41) is 11.9. The van der Waals surface area contributed by atoms with Crippen LogP contribution in [-0.2, 0) is 4.79 Å². The highest BCUT2D eigenvalue weighted by molar-refractivity contribution is 5.71. The van der Waals surface area contributed by atoms with Crippen LogP contribution in [0.1, 0.15) is 18.0 Å². The molecule has 1 heterocycles. The van der Waals surface area contributed by atoms with Crippen molar-refractivity contribution in [3.8, 4) is 11.5 Å². The molecular formula is C13H15F2NO4. The molecule has 0 saturated carbocycles. The number of aliphatic carboxylic acids is 1. The highest BCUT2D eigenvalue weighted by Gasteiger charge is 2.34. The summed E-state index contributed by atoms with van der Waals surface area (Å²) in [4.78, 5) is 10.9. The number of halogens is 2. The number of hydrogen-bond acceptors (Lipinski definition) is 4. The second kappa shape index (κ2) is 5.62. The Bertz CT molecular complexity index is 536. The minimum absolute atomic E-state index is 0.0786. The molecule has 2 rings (SSSR count). The average Bonchev–Trinajstić information content (AvgIpc) is 2.90. The molecule has 0 amide bonds. The lowest BCUT2D eigenvalue weighted by Gasteiger charge is -2.18. The Morgan fingerprint density at radius 3 is 2.50 bits per heavy atom. The molecule has 20 heavy (non-hydrogen) atoms. The molecule has 110 valence electrons. The Labute approximate surface area is 114 Å². The number of hydrogen-bond donors (Lipinski definition) is 2. The number of benzene rings is 1. The summed E-state index contributed by atoms with van der Waals surface area (Å²) in [7, 11) is 2.54. The molecule has 0 aliphatic carbocycles. The van der Waals surface area contributed by atoms with E-state index in [9.17, 15) is 13.6 Å². The predicted molar refractivity (Wildman–Crippen MR) is 65.9 cm³/mol. The fourth-order valence-corrected chi connectivity index (χ4v) is 2.42. The highest BCUT2D eigenvalue weighted by Crippen LogP contribution is 2.41. The number of carboxylic acids is 1. The normalized spacial score (nSPS) is 21.8. The standard InChI is InChI=1S/C13H15F2NO4/c1-19-11-7(4-8(14)10(15)12(11)20-2)9-3-6(5-16-9)13(17)18/h4,6,9,16H,3,5H2,1-2H3,(H,17,18). The van der Waals surface area contributed by atoms with Crippen molar-refractivity contribution in [2.75, 3.05) is 20.8 Å². The molecule has 0 aromatic heterocycles. The van der Waals surface area contributed by atoms with Gasteiger partial charge in [-0.05, 0) is 12.5 Å². The SMILES string of the molecule is COc1c(C2CC(C(=O)O)CN2)cc(F)c(F)c1OC. The van der Waals surface area contributed by atoms with Gasteiger partial charge in [0.15, 0.2) is 17.3 Å². The number of methoxy groups -OCH3 is 2. The van der Waals surface area contributed by atoms with Crippen LogP contribution in [-0.4, -0.2) is 31.8 Å². The van der Waals surface area contributed by atoms with Gasteiger partial charge in [0.05, 0.1) is 20.1 Å². The molecule has 1 aromatic carbocycles. The monoisotopic (exact) mass is 287 g/mol. The van der Waals surface area contributed by atoms with Crippen LogP contribution < -0.4 is 14.8 Å². The van der Waals surface area contributed by atoms with Gasteiger partial charge in [-0.15, -0.1) is 0 Å². The summed E-state index contributed by atoms with van der Waals surface area (Å²) in [5.41, 5.74) is 0.354. The van der Waals surface area contributed by atoms with Crippen LogP contribution in [0.15, 0.2) is 6.07 Å². The number of carbonyl (C=O) groups is 1. The molecule has 0 bridgehead atoms. The zero-order chi connectivity index (χ0) is 14.9. The van der Waals surface area contributed by atoms with Gasteiger partial charge in [0.25, 0.3) is 0 Å². The maximum Gasteiger partial charge on any atom is 0.307 e. The summed E-state index contributed by atoms with van der Waals surface area (Å²) in [6.45, 7) is 0.268. The Balaban J connectivity index is 2.42. The van der Waals surface area contributed by atoms with E-state index in [1.54, 1.807) is 0 Å². The van der Waals surface area contributed by atoms with Crippen molar-refractivity contribution in [2.45, 2.75) is 12.5 Å². The van der Waals surface area contributed by atoms with Crippen molar-refractivity contribution in [3.05, 3.63) is 23.3 Å². The summed E-state index contributed by atoms with van der Waals surface area (Å²) in [5.74, 6) is -3.91. The number of carboxylic acid groups (broad SMARTS) is 1. The van der Waals surface area contributed by atoms with Crippen molar-refractivity contribution in [2.24, 2.45) is 5.92 Å². The third-order valence-corrected chi connectivity index (χ3v) is 3.42. The molecule has 1 aliphatic rings. The smallest absolute Gasteiger partial charge is 0.307 e. The van der Waals surface area contributed by atoms with Crippen LogP contribution in [0, 0.1) is 17.6 Å². The molecule has 1 aliphatic heterocycles. The molecule has 1 aromatic rings. The van der Waals surface area contributed by atoms with E-state index in [0.29, 0.717) is 5.56 Å². The van der Waals surface area contributed by atoms with Crippen molar-refractivity contribution < 1.29 is 28.2 Å². The molecule has 1 fully saturated rings. The number of nitrogens with one attached hydrogen (secondary N) is 1. The van der Waals surface area contributed by atoms with Crippen LogP contribution in [0.2, 0.25) is 0 Å². The van der Waals surface area contributed by atoms with Crippen molar-refractivity contribution in [3.63, 3.8) is 0 Å². The maximum atomic E-state index is 13.6. The number of ether oxygens (including phenoxy) is 2. The second-order valence-corrected chi connectivity index (χ2v) is 4.56. The maximum absolute atomic E-state index is 13.6. The minimum Gasteiger partial charge on any atom is -0.492 e. The Morgan fingerprint density at radius 1 is 1.35 bits per heavy atom. The zero-order valence-electron chi connectivity index (χ0n) is 11.1. The largest absolute Gasteiger partial charge is 0.492 e. The van der Waals surface area contributed by atoms with Crippen LogP contribution in [0.25, 0.3) is 0 Å². The van der Waals surface area contributed by atoms with E-state index >= 15 is 0 Å². The van der Waals surface area contributed by atoms with Crippen molar-refractivity contribution in [1.82, 2.24) is 5.32 Å². The summed E-state index contributed by atoms with van der Waals surface area (Å²) < 4.78 is 37.2. The van der Waals surface area contributed by atoms with Crippen LogP contribution in [0.5, 0.6) is 11.5 Å². The van der Waals surface area contributed by atoms with E-state index in [-0.39, 0.29) is 24.5 Å². The first-order valence-corrected chi connectivity index (χ1v) is 6.05. The zero-order valence-corrected chi connectivity index (χ0v) is 11.1. The topological polar surface area (TPSA) is 67.8 Å². The average molecular weight is 287 g/mol. The Kier molecular flexibility index (Phi) is 4.08. The Morgan fingerprint density at radius 2 is 2.00 bits per heavy atom. The lowest BCUT2D eigenvalue weighted by atomic mass is 9.98. The van der Waals surface area contributed by atoms with E-state index in [1.165, 1.54) is 14.2 Å². The van der Waals surface area contributed by atoms with Crippen LogP contribution in [0.3, 0.4) is 0 Å².